The first-order valence-corrected chi connectivity index (χ1v) is 11.5. The van der Waals surface area contributed by atoms with Crippen LogP contribution in [0.4, 0.5) is 5.69 Å². The average Bonchev–Trinajstić information content (AvgIpc) is 2.95. The van der Waals surface area contributed by atoms with Crippen molar-refractivity contribution in [3.63, 3.8) is 0 Å². The summed E-state index contributed by atoms with van der Waals surface area (Å²) in [7, 11) is -0.747. The van der Waals surface area contributed by atoms with Crippen molar-refractivity contribution in [3.8, 4) is 0 Å². The standard InChI is InChI=1S/C20H24N4O4S2/c1-11-7-15(30(27,28)23(5)6)8-16(12(11)2)22-17(25)9-24-10-21-19-18(20(24)26)13(3)14(4)29-19/h7-8,10H,9H2,1-6H3,(H,22,25). The van der Waals surface area contributed by atoms with Crippen LogP contribution in [0.3, 0.4) is 0 Å². The lowest BCUT2D eigenvalue weighted by molar-refractivity contribution is -0.116. The molecule has 0 unspecified atom stereocenters. The molecule has 0 fully saturated rings. The quantitative estimate of drug-likeness (QED) is 0.646. The van der Waals surface area contributed by atoms with Crippen LogP contribution in [0.5, 0.6) is 0 Å². The second-order valence-corrected chi connectivity index (χ2v) is 10.7. The topological polar surface area (TPSA) is 101 Å². The van der Waals surface area contributed by atoms with E-state index in [4.69, 9.17) is 0 Å². The molecule has 0 spiro atoms. The number of hydrogen-bond acceptors (Lipinski definition) is 6. The Morgan fingerprint density at radius 3 is 2.47 bits per heavy atom. The van der Waals surface area contributed by atoms with Crippen molar-refractivity contribution in [2.24, 2.45) is 0 Å². The zero-order valence-corrected chi connectivity index (χ0v) is 19.4. The number of sulfonamides is 1. The maximum absolute atomic E-state index is 12.8. The molecular weight excluding hydrogens is 424 g/mol. The summed E-state index contributed by atoms with van der Waals surface area (Å²) in [6.45, 7) is 7.15. The van der Waals surface area contributed by atoms with Crippen LogP contribution in [0.15, 0.2) is 28.2 Å². The van der Waals surface area contributed by atoms with Crippen LogP contribution >= 0.6 is 11.3 Å². The predicted molar refractivity (Wildman–Crippen MR) is 119 cm³/mol. The molecule has 30 heavy (non-hydrogen) atoms. The van der Waals surface area contributed by atoms with Crippen molar-refractivity contribution in [1.29, 1.82) is 0 Å². The molecule has 2 aromatic heterocycles. The summed E-state index contributed by atoms with van der Waals surface area (Å²) in [6, 6.07) is 3.01. The number of fused-ring (bicyclic) bond motifs is 1. The monoisotopic (exact) mass is 448 g/mol. The van der Waals surface area contributed by atoms with Crippen molar-refractivity contribution in [2.75, 3.05) is 19.4 Å². The third kappa shape index (κ3) is 3.90. The fourth-order valence-electron chi connectivity index (χ4n) is 3.04. The van der Waals surface area contributed by atoms with Crippen LogP contribution in [0, 0.1) is 27.7 Å². The van der Waals surface area contributed by atoms with E-state index in [9.17, 15) is 18.0 Å². The third-order valence-corrected chi connectivity index (χ3v) is 8.07. The van der Waals surface area contributed by atoms with E-state index in [-0.39, 0.29) is 17.0 Å². The molecule has 10 heteroatoms. The van der Waals surface area contributed by atoms with Gasteiger partial charge in [0.1, 0.15) is 11.4 Å². The van der Waals surface area contributed by atoms with Gasteiger partial charge in [0, 0.05) is 24.7 Å². The number of aryl methyl sites for hydroxylation is 3. The molecule has 0 radical (unpaired) electrons. The number of carbonyl (C=O) groups is 1. The van der Waals surface area contributed by atoms with Crippen LogP contribution in [0.1, 0.15) is 21.6 Å². The molecule has 0 aliphatic carbocycles. The fraction of sp³-hybridized carbons (Fsp3) is 0.350. The summed E-state index contributed by atoms with van der Waals surface area (Å²) in [5.74, 6) is -0.440. The Balaban J connectivity index is 1.93. The smallest absolute Gasteiger partial charge is 0.262 e. The third-order valence-electron chi connectivity index (χ3n) is 5.16. The number of thiophene rings is 1. The Morgan fingerprint density at radius 1 is 1.17 bits per heavy atom. The molecule has 0 aliphatic heterocycles. The number of nitrogens with one attached hydrogen (secondary N) is 1. The predicted octanol–water partition coefficient (Wildman–Crippen LogP) is 2.58. The number of rotatable bonds is 5. The first-order valence-electron chi connectivity index (χ1n) is 9.22. The van der Waals surface area contributed by atoms with Crippen molar-refractivity contribution < 1.29 is 13.2 Å². The molecule has 1 amide bonds. The Morgan fingerprint density at radius 2 is 1.83 bits per heavy atom. The summed E-state index contributed by atoms with van der Waals surface area (Å²) in [4.78, 5) is 31.5. The van der Waals surface area contributed by atoms with E-state index in [1.807, 2.05) is 13.8 Å². The molecule has 0 aliphatic rings. The van der Waals surface area contributed by atoms with Crippen LogP contribution in [-0.2, 0) is 21.4 Å². The number of hydrogen-bond donors (Lipinski definition) is 1. The Kier molecular flexibility index (Phi) is 5.85. The summed E-state index contributed by atoms with van der Waals surface area (Å²) in [5, 5.41) is 3.27. The molecule has 160 valence electrons. The molecule has 0 saturated heterocycles. The normalized spacial score (nSPS) is 12.0. The highest BCUT2D eigenvalue weighted by Crippen LogP contribution is 2.26. The highest BCUT2D eigenvalue weighted by atomic mass is 32.2. The van der Waals surface area contributed by atoms with Crippen molar-refractivity contribution in [3.05, 3.63) is 50.4 Å². The van der Waals surface area contributed by atoms with E-state index >= 15 is 0 Å². The van der Waals surface area contributed by atoms with Gasteiger partial charge in [0.05, 0.1) is 16.6 Å². The van der Waals surface area contributed by atoms with Crippen LogP contribution in [0.25, 0.3) is 10.2 Å². The maximum atomic E-state index is 12.8. The molecule has 2 heterocycles. The Bertz CT molecular complexity index is 1320. The highest BCUT2D eigenvalue weighted by molar-refractivity contribution is 7.89. The molecule has 0 atom stereocenters. The van der Waals surface area contributed by atoms with Gasteiger partial charge in [0.2, 0.25) is 15.9 Å². The molecule has 1 N–H and O–H groups in total. The first kappa shape index (κ1) is 22.1. The van der Waals surface area contributed by atoms with Gasteiger partial charge in [-0.2, -0.15) is 0 Å². The van der Waals surface area contributed by atoms with E-state index in [0.29, 0.717) is 15.9 Å². The van der Waals surface area contributed by atoms with E-state index in [2.05, 4.69) is 10.3 Å². The van der Waals surface area contributed by atoms with Gasteiger partial charge in [-0.15, -0.1) is 11.3 Å². The highest BCUT2D eigenvalue weighted by Gasteiger charge is 2.20. The summed E-state index contributed by atoms with van der Waals surface area (Å²) < 4.78 is 27.4. The number of anilines is 1. The largest absolute Gasteiger partial charge is 0.324 e. The number of nitrogens with zero attached hydrogens (tertiary/aromatic N) is 3. The molecule has 0 saturated carbocycles. The average molecular weight is 449 g/mol. The molecule has 3 rings (SSSR count). The zero-order chi connectivity index (χ0) is 22.4. The van der Waals surface area contributed by atoms with Crippen LogP contribution < -0.4 is 10.9 Å². The Hall–Kier alpha value is -2.56. The minimum atomic E-state index is -3.65. The van der Waals surface area contributed by atoms with Gasteiger partial charge in [0.25, 0.3) is 5.56 Å². The molecular formula is C20H24N4O4S2. The lowest BCUT2D eigenvalue weighted by Crippen LogP contribution is -2.28. The lowest BCUT2D eigenvalue weighted by Gasteiger charge is -2.16. The van der Waals surface area contributed by atoms with Gasteiger partial charge in [0.15, 0.2) is 0 Å². The van der Waals surface area contributed by atoms with Crippen LogP contribution in [-0.4, -0.2) is 42.3 Å². The second kappa shape index (κ2) is 7.93. The number of aromatic nitrogens is 2. The molecule has 3 aromatic rings. The fourth-order valence-corrected chi connectivity index (χ4v) is 5.04. The minimum absolute atomic E-state index is 0.0931. The van der Waals surface area contributed by atoms with E-state index in [0.717, 1.165) is 25.9 Å². The summed E-state index contributed by atoms with van der Waals surface area (Å²) in [6.07, 6.45) is 1.37. The second-order valence-electron chi connectivity index (χ2n) is 7.39. The number of amides is 1. The van der Waals surface area contributed by atoms with Gasteiger partial charge in [-0.1, -0.05) is 0 Å². The molecule has 8 nitrogen and oxygen atoms in total. The minimum Gasteiger partial charge on any atom is -0.324 e. The van der Waals surface area contributed by atoms with Gasteiger partial charge in [-0.3, -0.25) is 14.2 Å². The van der Waals surface area contributed by atoms with Crippen molar-refractivity contribution >= 4 is 43.2 Å². The van der Waals surface area contributed by atoms with Gasteiger partial charge >= 0.3 is 0 Å². The van der Waals surface area contributed by atoms with E-state index in [1.165, 1.54) is 42.4 Å². The summed E-state index contributed by atoms with van der Waals surface area (Å²) in [5.41, 5.74) is 2.48. The lowest BCUT2D eigenvalue weighted by atomic mass is 10.1. The zero-order valence-electron chi connectivity index (χ0n) is 17.7. The van der Waals surface area contributed by atoms with Gasteiger partial charge in [-0.05, 0) is 56.5 Å². The first-order chi connectivity index (χ1) is 13.9. The summed E-state index contributed by atoms with van der Waals surface area (Å²) >= 11 is 1.45. The Labute approximate surface area is 179 Å². The van der Waals surface area contributed by atoms with Crippen molar-refractivity contribution in [1.82, 2.24) is 13.9 Å². The maximum Gasteiger partial charge on any atom is 0.262 e. The SMILES string of the molecule is Cc1cc(S(=O)(=O)N(C)C)cc(NC(=O)Cn2cnc3sc(C)c(C)c3c2=O)c1C. The van der Waals surface area contributed by atoms with E-state index in [1.54, 1.807) is 19.9 Å². The molecule has 0 bridgehead atoms. The van der Waals surface area contributed by atoms with Gasteiger partial charge in [-0.25, -0.2) is 17.7 Å². The van der Waals surface area contributed by atoms with E-state index < -0.39 is 15.9 Å². The molecule has 1 aromatic carbocycles. The number of benzene rings is 1. The van der Waals surface area contributed by atoms with Crippen molar-refractivity contribution in [2.45, 2.75) is 39.1 Å². The number of carbonyl (C=O) groups excluding carboxylic acids is 1. The van der Waals surface area contributed by atoms with Crippen LogP contribution in [0.2, 0.25) is 0 Å². The van der Waals surface area contributed by atoms with Gasteiger partial charge < -0.3 is 5.32 Å².